The predicted octanol–water partition coefficient (Wildman–Crippen LogP) is 3.94. The minimum absolute atomic E-state index is 0.790. The van der Waals surface area contributed by atoms with Crippen molar-refractivity contribution in [1.29, 1.82) is 0 Å². The van der Waals surface area contributed by atoms with Gasteiger partial charge in [-0.2, -0.15) is 0 Å². The van der Waals surface area contributed by atoms with Crippen LogP contribution in [0.2, 0.25) is 0 Å². The monoisotopic (exact) mass is 236 g/mol. The second-order valence-electron chi connectivity index (χ2n) is 4.27. The number of pyridine rings is 1. The van der Waals surface area contributed by atoms with Gasteiger partial charge in [0.2, 0.25) is 0 Å². The van der Waals surface area contributed by atoms with E-state index in [0.717, 1.165) is 17.6 Å². The number of nitrogens with one attached hydrogen (secondary N) is 1. The highest BCUT2D eigenvalue weighted by molar-refractivity contribution is 7.99. The van der Waals surface area contributed by atoms with Gasteiger partial charge in [-0.25, -0.2) is 4.98 Å². The van der Waals surface area contributed by atoms with E-state index in [-0.39, 0.29) is 0 Å². The summed E-state index contributed by atoms with van der Waals surface area (Å²) < 4.78 is 0. The van der Waals surface area contributed by atoms with E-state index in [0.29, 0.717) is 0 Å². The minimum Gasteiger partial charge on any atom is -0.370 e. The van der Waals surface area contributed by atoms with E-state index >= 15 is 0 Å². The quantitative estimate of drug-likeness (QED) is 0.857. The molecule has 0 radical (unpaired) electrons. The summed E-state index contributed by atoms with van der Waals surface area (Å²) in [4.78, 5) is 4.61. The van der Waals surface area contributed by atoms with E-state index in [9.17, 15) is 0 Å². The highest BCUT2D eigenvalue weighted by atomic mass is 32.2. The van der Waals surface area contributed by atoms with E-state index in [2.05, 4.69) is 29.4 Å². The molecule has 0 spiro atoms. The Labute approximate surface area is 102 Å². The molecule has 1 aliphatic rings. The summed E-state index contributed by atoms with van der Waals surface area (Å²) >= 11 is 1.95. The van der Waals surface area contributed by atoms with Crippen molar-refractivity contribution in [2.24, 2.45) is 0 Å². The smallest absolute Gasteiger partial charge is 0.127 e. The molecule has 88 valence electrons. The molecule has 1 N–H and O–H groups in total. The molecule has 0 unspecified atom stereocenters. The second kappa shape index (κ2) is 6.14. The van der Waals surface area contributed by atoms with Crippen LogP contribution in [0.4, 0.5) is 5.82 Å². The largest absolute Gasteiger partial charge is 0.370 e. The zero-order valence-electron chi connectivity index (χ0n) is 9.91. The number of anilines is 1. The number of nitrogens with zero attached hydrogens (tertiary/aromatic N) is 1. The summed E-state index contributed by atoms with van der Waals surface area (Å²) in [6.07, 6.45) is 6.92. The molecule has 0 atom stereocenters. The van der Waals surface area contributed by atoms with Crippen LogP contribution < -0.4 is 5.32 Å². The Morgan fingerprint density at radius 3 is 2.88 bits per heavy atom. The molecule has 0 bridgehead atoms. The maximum atomic E-state index is 4.61. The Morgan fingerprint density at radius 1 is 1.31 bits per heavy atom. The summed E-state index contributed by atoms with van der Waals surface area (Å²) in [5, 5.41) is 5.22. The van der Waals surface area contributed by atoms with Crippen molar-refractivity contribution in [2.75, 3.05) is 11.9 Å². The lowest BCUT2D eigenvalue weighted by Gasteiger charge is -2.20. The average molecular weight is 236 g/mol. The minimum atomic E-state index is 0.790. The number of hydrogen-bond acceptors (Lipinski definition) is 3. The van der Waals surface area contributed by atoms with Gasteiger partial charge in [-0.1, -0.05) is 25.3 Å². The van der Waals surface area contributed by atoms with Gasteiger partial charge in [0, 0.05) is 11.8 Å². The Kier molecular flexibility index (Phi) is 4.52. The molecular formula is C13H20N2S. The van der Waals surface area contributed by atoms with Gasteiger partial charge < -0.3 is 5.32 Å². The summed E-state index contributed by atoms with van der Waals surface area (Å²) in [7, 11) is 0. The lowest BCUT2D eigenvalue weighted by molar-refractivity contribution is 0.516. The maximum absolute atomic E-state index is 4.61. The van der Waals surface area contributed by atoms with Gasteiger partial charge in [-0.15, -0.1) is 11.8 Å². The van der Waals surface area contributed by atoms with Crippen LogP contribution in [0.1, 0.15) is 39.0 Å². The first-order valence-corrected chi connectivity index (χ1v) is 7.14. The fraction of sp³-hybridized carbons (Fsp3) is 0.615. The molecule has 16 heavy (non-hydrogen) atoms. The third kappa shape index (κ3) is 3.41. The Bertz CT molecular complexity index is 321. The van der Waals surface area contributed by atoms with Crippen LogP contribution in [0.25, 0.3) is 0 Å². The second-order valence-corrected chi connectivity index (χ2v) is 5.59. The lowest BCUT2D eigenvalue weighted by atomic mass is 10.0. The SMILES string of the molecule is CCNc1cccc(SC2CCCCC2)n1. The van der Waals surface area contributed by atoms with E-state index in [4.69, 9.17) is 0 Å². The van der Waals surface area contributed by atoms with E-state index in [1.54, 1.807) is 0 Å². The van der Waals surface area contributed by atoms with Gasteiger partial charge in [-0.3, -0.25) is 0 Å². The molecule has 1 fully saturated rings. The Balaban J connectivity index is 1.94. The zero-order valence-corrected chi connectivity index (χ0v) is 10.7. The van der Waals surface area contributed by atoms with Gasteiger partial charge >= 0.3 is 0 Å². The molecule has 2 rings (SSSR count). The van der Waals surface area contributed by atoms with E-state index in [1.165, 1.54) is 37.1 Å². The molecule has 0 amide bonds. The molecule has 1 aliphatic carbocycles. The zero-order chi connectivity index (χ0) is 11.2. The van der Waals surface area contributed by atoms with Crippen LogP contribution in [-0.4, -0.2) is 16.8 Å². The standard InChI is InChI=1S/C13H20N2S/c1-2-14-12-9-6-10-13(15-12)16-11-7-4-3-5-8-11/h6,9-11H,2-5,7-8H2,1H3,(H,14,15). The van der Waals surface area contributed by atoms with Crippen molar-refractivity contribution in [3.05, 3.63) is 18.2 Å². The number of rotatable bonds is 4. The molecule has 2 nitrogen and oxygen atoms in total. The van der Waals surface area contributed by atoms with Crippen molar-refractivity contribution in [2.45, 2.75) is 49.3 Å². The molecule has 0 aliphatic heterocycles. The summed E-state index contributed by atoms with van der Waals surface area (Å²) in [6, 6.07) is 6.25. The highest BCUT2D eigenvalue weighted by Crippen LogP contribution is 2.32. The molecule has 1 saturated carbocycles. The lowest BCUT2D eigenvalue weighted by Crippen LogP contribution is -2.08. The van der Waals surface area contributed by atoms with Gasteiger partial charge in [-0.05, 0) is 31.9 Å². The van der Waals surface area contributed by atoms with E-state index < -0.39 is 0 Å². The van der Waals surface area contributed by atoms with Gasteiger partial charge in [0.1, 0.15) is 5.82 Å². The van der Waals surface area contributed by atoms with Crippen LogP contribution in [0.3, 0.4) is 0 Å². The number of thioether (sulfide) groups is 1. The van der Waals surface area contributed by atoms with Crippen LogP contribution >= 0.6 is 11.8 Å². The molecule has 1 aromatic rings. The van der Waals surface area contributed by atoms with E-state index in [1.807, 2.05) is 17.8 Å². The van der Waals surface area contributed by atoms with Crippen LogP contribution in [0.5, 0.6) is 0 Å². The Morgan fingerprint density at radius 2 is 2.12 bits per heavy atom. The predicted molar refractivity (Wildman–Crippen MR) is 71.1 cm³/mol. The van der Waals surface area contributed by atoms with Gasteiger partial charge in [0.05, 0.1) is 5.03 Å². The average Bonchev–Trinajstić information content (AvgIpc) is 2.31. The van der Waals surface area contributed by atoms with Gasteiger partial charge in [0.15, 0.2) is 0 Å². The molecule has 0 saturated heterocycles. The van der Waals surface area contributed by atoms with Crippen LogP contribution in [0.15, 0.2) is 23.2 Å². The van der Waals surface area contributed by atoms with Crippen LogP contribution in [-0.2, 0) is 0 Å². The van der Waals surface area contributed by atoms with Crippen molar-refractivity contribution in [3.63, 3.8) is 0 Å². The first-order chi connectivity index (χ1) is 7.88. The fourth-order valence-corrected chi connectivity index (χ4v) is 3.33. The van der Waals surface area contributed by atoms with Crippen molar-refractivity contribution >= 4 is 17.6 Å². The Hall–Kier alpha value is -0.700. The highest BCUT2D eigenvalue weighted by Gasteiger charge is 2.15. The van der Waals surface area contributed by atoms with Gasteiger partial charge in [0.25, 0.3) is 0 Å². The topological polar surface area (TPSA) is 24.9 Å². The first kappa shape index (κ1) is 11.8. The molecule has 3 heteroatoms. The van der Waals surface area contributed by atoms with Crippen molar-refractivity contribution in [1.82, 2.24) is 4.98 Å². The maximum Gasteiger partial charge on any atom is 0.127 e. The summed E-state index contributed by atoms with van der Waals surface area (Å²) in [6.45, 7) is 3.03. The molecule has 0 aromatic carbocycles. The first-order valence-electron chi connectivity index (χ1n) is 6.26. The van der Waals surface area contributed by atoms with Crippen LogP contribution in [0, 0.1) is 0 Å². The molecular weight excluding hydrogens is 216 g/mol. The number of hydrogen-bond donors (Lipinski definition) is 1. The molecule has 1 heterocycles. The normalized spacial score (nSPS) is 17.3. The molecule has 1 aromatic heterocycles. The summed E-state index contributed by atoms with van der Waals surface area (Å²) in [5.74, 6) is 1.00. The van der Waals surface area contributed by atoms with Crippen molar-refractivity contribution < 1.29 is 0 Å². The summed E-state index contributed by atoms with van der Waals surface area (Å²) in [5.41, 5.74) is 0. The van der Waals surface area contributed by atoms with Crippen molar-refractivity contribution in [3.8, 4) is 0 Å². The fourth-order valence-electron chi connectivity index (χ4n) is 2.11. The third-order valence-electron chi connectivity index (χ3n) is 2.92. The number of aromatic nitrogens is 1. The third-order valence-corrected chi connectivity index (χ3v) is 4.19.